The predicted molar refractivity (Wildman–Crippen MR) is 145 cm³/mol. The van der Waals surface area contributed by atoms with Gasteiger partial charge in [-0.05, 0) is 65.0 Å². The molecule has 2 amide bonds. The van der Waals surface area contributed by atoms with Crippen molar-refractivity contribution in [1.29, 1.82) is 0 Å². The van der Waals surface area contributed by atoms with Crippen LogP contribution in [0.4, 0.5) is 5.69 Å². The van der Waals surface area contributed by atoms with Crippen molar-refractivity contribution in [3.8, 4) is 0 Å². The lowest BCUT2D eigenvalue weighted by Crippen LogP contribution is -2.33. The van der Waals surface area contributed by atoms with E-state index in [4.69, 9.17) is 11.6 Å². The Kier molecular flexibility index (Phi) is 7.04. The largest absolute Gasteiger partial charge is 0.347 e. The molecule has 0 radical (unpaired) electrons. The number of thiophene rings is 1. The van der Waals surface area contributed by atoms with Crippen molar-refractivity contribution < 1.29 is 9.59 Å². The van der Waals surface area contributed by atoms with E-state index in [2.05, 4.69) is 5.32 Å². The average molecular weight is 517 g/mol. The standard InChI is InChI=1S/C28H21ClN2O2S2/c29-22-6-3-5-20(15-22)18-31-24-8-1-2-9-25(24)35-26(28(31)33)16-19-10-12-21(13-11-19)27(32)30-17-23-7-4-14-34-23/h1-16H,17-18H2,(H,30,32). The minimum Gasteiger partial charge on any atom is -0.347 e. The van der Waals surface area contributed by atoms with Crippen LogP contribution in [0.15, 0.2) is 100 Å². The number of hydrogen-bond acceptors (Lipinski definition) is 4. The second kappa shape index (κ2) is 10.5. The second-order valence-electron chi connectivity index (χ2n) is 7.98. The van der Waals surface area contributed by atoms with Crippen LogP contribution in [0.1, 0.15) is 26.4 Å². The average Bonchev–Trinajstić information content (AvgIpc) is 3.39. The molecule has 0 bridgehead atoms. The molecule has 1 N–H and O–H groups in total. The van der Waals surface area contributed by atoms with Gasteiger partial charge < -0.3 is 10.2 Å². The highest BCUT2D eigenvalue weighted by molar-refractivity contribution is 8.04. The van der Waals surface area contributed by atoms with Crippen molar-refractivity contribution in [3.05, 3.63) is 122 Å². The maximum absolute atomic E-state index is 13.5. The third-order valence-corrected chi connectivity index (χ3v) is 7.72. The highest BCUT2D eigenvalue weighted by Gasteiger charge is 2.29. The molecule has 174 valence electrons. The third-order valence-electron chi connectivity index (χ3n) is 5.54. The zero-order valence-electron chi connectivity index (χ0n) is 18.6. The van der Waals surface area contributed by atoms with E-state index in [-0.39, 0.29) is 11.8 Å². The number of fused-ring (bicyclic) bond motifs is 1. The predicted octanol–water partition coefficient (Wildman–Crippen LogP) is 7.01. The Labute approximate surface area is 217 Å². The molecule has 3 aromatic carbocycles. The smallest absolute Gasteiger partial charge is 0.265 e. The van der Waals surface area contributed by atoms with Gasteiger partial charge in [-0.25, -0.2) is 0 Å². The lowest BCUT2D eigenvalue weighted by atomic mass is 10.1. The number of nitrogens with zero attached hydrogens (tertiary/aromatic N) is 1. The van der Waals surface area contributed by atoms with Gasteiger partial charge in [0.15, 0.2) is 0 Å². The molecule has 7 heteroatoms. The number of para-hydroxylation sites is 1. The van der Waals surface area contributed by atoms with Crippen LogP contribution < -0.4 is 10.2 Å². The van der Waals surface area contributed by atoms with Gasteiger partial charge in [0.25, 0.3) is 11.8 Å². The topological polar surface area (TPSA) is 49.4 Å². The van der Waals surface area contributed by atoms with Gasteiger partial charge in [-0.1, -0.05) is 65.8 Å². The molecule has 1 aliphatic rings. The summed E-state index contributed by atoms with van der Waals surface area (Å²) < 4.78 is 0. The monoisotopic (exact) mass is 516 g/mol. The number of benzene rings is 3. The molecule has 1 aliphatic heterocycles. The van der Waals surface area contributed by atoms with Gasteiger partial charge in [0.05, 0.1) is 23.7 Å². The first-order valence-corrected chi connectivity index (χ1v) is 13.1. The Morgan fingerprint density at radius 2 is 1.80 bits per heavy atom. The Bertz CT molecular complexity index is 1400. The van der Waals surface area contributed by atoms with Crippen LogP contribution in [-0.4, -0.2) is 11.8 Å². The number of anilines is 1. The van der Waals surface area contributed by atoms with Crippen molar-refractivity contribution in [2.24, 2.45) is 0 Å². The van der Waals surface area contributed by atoms with Crippen LogP contribution in [0.5, 0.6) is 0 Å². The maximum Gasteiger partial charge on any atom is 0.265 e. The van der Waals surface area contributed by atoms with Crippen LogP contribution >= 0.6 is 34.7 Å². The van der Waals surface area contributed by atoms with Crippen LogP contribution in [0.25, 0.3) is 6.08 Å². The number of rotatable bonds is 6. The molecule has 5 rings (SSSR count). The molecule has 4 nitrogen and oxygen atoms in total. The summed E-state index contributed by atoms with van der Waals surface area (Å²) >= 11 is 9.24. The summed E-state index contributed by atoms with van der Waals surface area (Å²) in [4.78, 5) is 30.5. The van der Waals surface area contributed by atoms with Crippen molar-refractivity contribution in [2.45, 2.75) is 18.0 Å². The summed E-state index contributed by atoms with van der Waals surface area (Å²) in [6.07, 6.45) is 1.88. The SMILES string of the molecule is O=C(NCc1cccs1)c1ccc(C=C2Sc3ccccc3N(Cc3cccc(Cl)c3)C2=O)cc1. The van der Waals surface area contributed by atoms with Crippen LogP contribution in [-0.2, 0) is 17.9 Å². The number of thioether (sulfide) groups is 1. The van der Waals surface area contributed by atoms with Gasteiger partial charge in [-0.3, -0.25) is 9.59 Å². The third kappa shape index (κ3) is 5.51. The van der Waals surface area contributed by atoms with E-state index in [0.29, 0.717) is 28.6 Å². The molecular weight excluding hydrogens is 496 g/mol. The summed E-state index contributed by atoms with van der Waals surface area (Å²) in [6, 6.07) is 26.7. The highest BCUT2D eigenvalue weighted by atomic mass is 35.5. The molecule has 0 spiro atoms. The van der Waals surface area contributed by atoms with Gasteiger partial charge in [0, 0.05) is 20.4 Å². The molecule has 0 atom stereocenters. The van der Waals surface area contributed by atoms with E-state index in [1.807, 2.05) is 84.3 Å². The maximum atomic E-state index is 13.5. The fourth-order valence-corrected chi connectivity index (χ4v) is 5.72. The van der Waals surface area contributed by atoms with E-state index in [0.717, 1.165) is 26.6 Å². The van der Waals surface area contributed by atoms with E-state index in [1.54, 1.807) is 28.4 Å². The van der Waals surface area contributed by atoms with Crippen molar-refractivity contribution in [2.75, 3.05) is 4.90 Å². The molecule has 1 aromatic heterocycles. The Morgan fingerprint density at radius 1 is 0.971 bits per heavy atom. The zero-order chi connectivity index (χ0) is 24.2. The number of carbonyl (C=O) groups excluding carboxylic acids is 2. The summed E-state index contributed by atoms with van der Waals surface area (Å²) in [6.45, 7) is 0.937. The van der Waals surface area contributed by atoms with Crippen LogP contribution in [0.2, 0.25) is 5.02 Å². The van der Waals surface area contributed by atoms with E-state index in [9.17, 15) is 9.59 Å². The number of hydrogen-bond donors (Lipinski definition) is 1. The fourth-order valence-electron chi connectivity index (χ4n) is 3.80. The normalized spacial score (nSPS) is 14.1. The summed E-state index contributed by atoms with van der Waals surface area (Å²) in [7, 11) is 0. The summed E-state index contributed by atoms with van der Waals surface area (Å²) in [5, 5.41) is 5.57. The van der Waals surface area contributed by atoms with E-state index < -0.39 is 0 Å². The van der Waals surface area contributed by atoms with Gasteiger partial charge in [-0.15, -0.1) is 11.3 Å². The minimum absolute atomic E-state index is 0.0635. The first-order valence-electron chi connectivity index (χ1n) is 11.0. The fraction of sp³-hybridized carbons (Fsp3) is 0.0714. The molecule has 0 fully saturated rings. The number of nitrogens with one attached hydrogen (secondary N) is 1. The lowest BCUT2D eigenvalue weighted by molar-refractivity contribution is -0.114. The van der Waals surface area contributed by atoms with Crippen molar-refractivity contribution in [1.82, 2.24) is 5.32 Å². The molecular formula is C28H21ClN2O2S2. The van der Waals surface area contributed by atoms with Crippen molar-refractivity contribution in [3.63, 3.8) is 0 Å². The number of halogens is 1. The van der Waals surface area contributed by atoms with Gasteiger partial charge >= 0.3 is 0 Å². The molecule has 4 aromatic rings. The first-order chi connectivity index (χ1) is 17.1. The zero-order valence-corrected chi connectivity index (χ0v) is 21.0. The molecule has 0 saturated carbocycles. The van der Waals surface area contributed by atoms with Crippen LogP contribution in [0.3, 0.4) is 0 Å². The number of carbonyl (C=O) groups is 2. The summed E-state index contributed by atoms with van der Waals surface area (Å²) in [5.41, 5.74) is 3.29. The molecule has 35 heavy (non-hydrogen) atoms. The van der Waals surface area contributed by atoms with Crippen molar-refractivity contribution >= 4 is 58.3 Å². The lowest BCUT2D eigenvalue weighted by Gasteiger charge is -2.30. The Balaban J connectivity index is 1.36. The second-order valence-corrected chi connectivity index (χ2v) is 10.5. The Hall–Kier alpha value is -3.32. The van der Waals surface area contributed by atoms with E-state index in [1.165, 1.54) is 11.8 Å². The van der Waals surface area contributed by atoms with Gasteiger partial charge in [0.2, 0.25) is 0 Å². The van der Waals surface area contributed by atoms with Gasteiger partial charge in [0.1, 0.15) is 0 Å². The molecule has 0 saturated heterocycles. The number of amides is 2. The molecule has 0 unspecified atom stereocenters. The van der Waals surface area contributed by atoms with Gasteiger partial charge in [-0.2, -0.15) is 0 Å². The Morgan fingerprint density at radius 3 is 2.57 bits per heavy atom. The minimum atomic E-state index is -0.123. The first kappa shape index (κ1) is 23.4. The van der Waals surface area contributed by atoms with Crippen LogP contribution in [0, 0.1) is 0 Å². The molecule has 0 aliphatic carbocycles. The van der Waals surface area contributed by atoms with E-state index >= 15 is 0 Å². The summed E-state index contributed by atoms with van der Waals surface area (Å²) in [5.74, 6) is -0.186. The molecule has 2 heterocycles. The quantitative estimate of drug-likeness (QED) is 0.280. The highest BCUT2D eigenvalue weighted by Crippen LogP contribution is 2.42.